The number of carbonyl (C=O) groups excluding carboxylic acids is 1. The van der Waals surface area contributed by atoms with Crippen LogP contribution in [0.4, 0.5) is 5.69 Å². The van der Waals surface area contributed by atoms with Crippen LogP contribution in [0, 0.1) is 0 Å². The lowest BCUT2D eigenvalue weighted by Crippen LogP contribution is -2.30. The van der Waals surface area contributed by atoms with E-state index in [1.807, 2.05) is 18.2 Å². The number of carbonyl (C=O) groups is 1. The number of amides is 1. The molecule has 0 fully saturated rings. The molecular formula is C21H19NO5. The Hall–Kier alpha value is -3.38. The Bertz CT molecular complexity index is 1080. The molecule has 0 aliphatic heterocycles. The fraction of sp³-hybridized carbons (Fsp3) is 0.143. The molecule has 6 nitrogen and oxygen atoms in total. The molecule has 3 rings (SSSR count). The fourth-order valence-electron chi connectivity index (χ4n) is 2.89. The summed E-state index contributed by atoms with van der Waals surface area (Å²) in [6.07, 6.45) is 0. The lowest BCUT2D eigenvalue weighted by atomic mass is 9.96. The van der Waals surface area contributed by atoms with Gasteiger partial charge in [0.1, 0.15) is 12.2 Å². The van der Waals surface area contributed by atoms with Crippen molar-refractivity contribution in [2.24, 2.45) is 0 Å². The summed E-state index contributed by atoms with van der Waals surface area (Å²) in [5.74, 6) is -0.650. The summed E-state index contributed by atoms with van der Waals surface area (Å²) in [6.45, 7) is 4.11. The average molecular weight is 365 g/mol. The van der Waals surface area contributed by atoms with Gasteiger partial charge in [0.05, 0.1) is 5.69 Å². The van der Waals surface area contributed by atoms with E-state index in [0.717, 1.165) is 0 Å². The second kappa shape index (κ2) is 7.47. The maximum Gasteiger partial charge on any atom is 0.378 e. The number of aromatic hydroxyl groups is 1. The van der Waals surface area contributed by atoms with E-state index in [-0.39, 0.29) is 12.5 Å². The molecule has 2 aromatic carbocycles. The van der Waals surface area contributed by atoms with Crippen LogP contribution in [0.15, 0.2) is 64.3 Å². The molecule has 0 saturated heterocycles. The molecule has 0 bridgehead atoms. The molecular weight excluding hydrogens is 346 g/mol. The van der Waals surface area contributed by atoms with E-state index in [2.05, 4.69) is 6.58 Å². The molecule has 1 heterocycles. The molecule has 1 N–H and O–H groups in total. The van der Waals surface area contributed by atoms with E-state index in [1.165, 1.54) is 18.1 Å². The van der Waals surface area contributed by atoms with Crippen LogP contribution in [0.5, 0.6) is 5.75 Å². The third kappa shape index (κ3) is 3.47. The molecule has 1 amide bonds. The van der Waals surface area contributed by atoms with Crippen molar-refractivity contribution < 1.29 is 19.1 Å². The van der Waals surface area contributed by atoms with Crippen LogP contribution in [0.2, 0.25) is 0 Å². The standard InChI is InChI=1S/C21H19NO5/c1-13(15-8-4-5-10-17(15)22(2)19(24)12-26-3)16-9-6-7-14-11-18(23)21(25)27-20(14)16/h4-11,23H,1,12H2,2-3H3. The number of para-hydroxylation sites is 2. The first-order valence-electron chi connectivity index (χ1n) is 8.24. The number of anilines is 1. The van der Waals surface area contributed by atoms with E-state index in [0.29, 0.717) is 33.4 Å². The predicted molar refractivity (Wildman–Crippen MR) is 104 cm³/mol. The zero-order valence-electron chi connectivity index (χ0n) is 15.1. The highest BCUT2D eigenvalue weighted by Gasteiger charge is 2.18. The van der Waals surface area contributed by atoms with Crippen molar-refractivity contribution in [3.63, 3.8) is 0 Å². The summed E-state index contributed by atoms with van der Waals surface area (Å²) in [6, 6.07) is 14.0. The van der Waals surface area contributed by atoms with Crippen LogP contribution >= 0.6 is 0 Å². The van der Waals surface area contributed by atoms with Gasteiger partial charge in [-0.1, -0.05) is 43.0 Å². The van der Waals surface area contributed by atoms with Crippen molar-refractivity contribution in [2.75, 3.05) is 25.7 Å². The third-order valence-corrected chi connectivity index (χ3v) is 4.30. The number of hydrogen-bond donors (Lipinski definition) is 1. The topological polar surface area (TPSA) is 80.0 Å². The van der Waals surface area contributed by atoms with Crippen LogP contribution in [0.3, 0.4) is 0 Å². The van der Waals surface area contributed by atoms with Crippen LogP contribution in [-0.4, -0.2) is 31.8 Å². The summed E-state index contributed by atoms with van der Waals surface area (Å²) in [5, 5.41) is 10.2. The third-order valence-electron chi connectivity index (χ3n) is 4.30. The van der Waals surface area contributed by atoms with Crippen molar-refractivity contribution >= 4 is 28.1 Å². The van der Waals surface area contributed by atoms with Gasteiger partial charge in [-0.2, -0.15) is 0 Å². The number of fused-ring (bicyclic) bond motifs is 1. The molecule has 0 radical (unpaired) electrons. The van der Waals surface area contributed by atoms with Gasteiger partial charge in [0.15, 0.2) is 0 Å². The first-order chi connectivity index (χ1) is 12.9. The molecule has 27 heavy (non-hydrogen) atoms. The lowest BCUT2D eigenvalue weighted by molar-refractivity contribution is -0.121. The van der Waals surface area contributed by atoms with E-state index in [9.17, 15) is 14.7 Å². The van der Waals surface area contributed by atoms with E-state index in [1.54, 1.807) is 31.3 Å². The van der Waals surface area contributed by atoms with Crippen molar-refractivity contribution in [1.82, 2.24) is 0 Å². The summed E-state index contributed by atoms with van der Waals surface area (Å²) in [5.41, 5.74) is 2.07. The maximum absolute atomic E-state index is 12.2. The zero-order valence-corrected chi connectivity index (χ0v) is 15.1. The number of rotatable bonds is 5. The SMILES string of the molecule is C=C(c1ccccc1N(C)C(=O)COC)c1cccc2cc(O)c(=O)oc12. The van der Waals surface area contributed by atoms with Crippen molar-refractivity contribution in [3.05, 3.63) is 76.7 Å². The van der Waals surface area contributed by atoms with Crippen molar-refractivity contribution in [3.8, 4) is 5.75 Å². The van der Waals surface area contributed by atoms with Crippen molar-refractivity contribution in [2.45, 2.75) is 0 Å². The smallest absolute Gasteiger partial charge is 0.378 e. The molecule has 138 valence electrons. The van der Waals surface area contributed by atoms with Gasteiger partial charge in [0.25, 0.3) is 5.91 Å². The van der Waals surface area contributed by atoms with Gasteiger partial charge < -0.3 is 19.2 Å². The minimum Gasteiger partial charge on any atom is -0.502 e. The molecule has 6 heteroatoms. The number of hydrogen-bond acceptors (Lipinski definition) is 5. The van der Waals surface area contributed by atoms with Crippen LogP contribution < -0.4 is 10.5 Å². The summed E-state index contributed by atoms with van der Waals surface area (Å²) < 4.78 is 10.2. The molecule has 0 aliphatic rings. The van der Waals surface area contributed by atoms with Gasteiger partial charge in [-0.3, -0.25) is 4.79 Å². The van der Waals surface area contributed by atoms with Gasteiger partial charge in [-0.15, -0.1) is 0 Å². The quantitative estimate of drug-likeness (QED) is 0.703. The minimum absolute atomic E-state index is 0.0419. The van der Waals surface area contributed by atoms with Crippen molar-refractivity contribution in [1.29, 1.82) is 0 Å². The van der Waals surface area contributed by atoms with Crippen LogP contribution in [0.25, 0.3) is 16.5 Å². The highest BCUT2D eigenvalue weighted by Crippen LogP contribution is 2.34. The van der Waals surface area contributed by atoms with Gasteiger partial charge in [-0.25, -0.2) is 4.79 Å². The molecule has 0 spiro atoms. The van der Waals surface area contributed by atoms with Gasteiger partial charge in [0, 0.05) is 30.7 Å². The summed E-state index contributed by atoms with van der Waals surface area (Å²) in [7, 11) is 3.12. The second-order valence-electron chi connectivity index (χ2n) is 6.02. The first kappa shape index (κ1) is 18.4. The Morgan fingerprint density at radius 3 is 2.63 bits per heavy atom. The Kier molecular flexibility index (Phi) is 5.09. The lowest BCUT2D eigenvalue weighted by Gasteiger charge is -2.21. The van der Waals surface area contributed by atoms with E-state index in [4.69, 9.17) is 9.15 Å². The molecule has 0 aliphatic carbocycles. The van der Waals surface area contributed by atoms with Crippen LogP contribution in [-0.2, 0) is 9.53 Å². The average Bonchev–Trinajstić information content (AvgIpc) is 2.67. The number of nitrogens with zero attached hydrogens (tertiary/aromatic N) is 1. The number of likely N-dealkylation sites (N-methyl/N-ethyl adjacent to an activating group) is 1. The normalized spacial score (nSPS) is 10.7. The largest absolute Gasteiger partial charge is 0.502 e. The Morgan fingerprint density at radius 1 is 1.19 bits per heavy atom. The van der Waals surface area contributed by atoms with Gasteiger partial charge in [-0.05, 0) is 17.7 Å². The number of ether oxygens (including phenoxy) is 1. The Balaban J connectivity index is 2.13. The number of benzene rings is 2. The van der Waals surface area contributed by atoms with E-state index >= 15 is 0 Å². The maximum atomic E-state index is 12.2. The van der Waals surface area contributed by atoms with Crippen LogP contribution in [0.1, 0.15) is 11.1 Å². The van der Waals surface area contributed by atoms with Gasteiger partial charge in [0.2, 0.25) is 5.75 Å². The summed E-state index contributed by atoms with van der Waals surface area (Å²) >= 11 is 0. The minimum atomic E-state index is -0.816. The van der Waals surface area contributed by atoms with E-state index < -0.39 is 11.4 Å². The van der Waals surface area contributed by atoms with Gasteiger partial charge >= 0.3 is 5.63 Å². The monoisotopic (exact) mass is 365 g/mol. The highest BCUT2D eigenvalue weighted by atomic mass is 16.5. The molecule has 1 aromatic heterocycles. The molecule has 0 atom stereocenters. The number of methoxy groups -OCH3 is 1. The first-order valence-corrected chi connectivity index (χ1v) is 8.24. The molecule has 0 saturated carbocycles. The predicted octanol–water partition coefficient (Wildman–Crippen LogP) is 3.17. The fourth-order valence-corrected chi connectivity index (χ4v) is 2.89. The summed E-state index contributed by atoms with van der Waals surface area (Å²) in [4.78, 5) is 25.5. The Labute approximate surface area is 155 Å². The Morgan fingerprint density at radius 2 is 1.89 bits per heavy atom. The molecule has 0 unspecified atom stereocenters. The molecule has 3 aromatic rings. The second-order valence-corrected chi connectivity index (χ2v) is 6.02. The zero-order chi connectivity index (χ0) is 19.6. The highest BCUT2D eigenvalue weighted by molar-refractivity contribution is 6.01.